The summed E-state index contributed by atoms with van der Waals surface area (Å²) >= 11 is 0. The molecule has 2 fully saturated rings. The molecular formula is C18H28N8O4. The third-order valence-electron chi connectivity index (χ3n) is 5.61. The molecule has 12 heteroatoms. The van der Waals surface area contributed by atoms with E-state index < -0.39 is 24.5 Å². The largest absolute Gasteiger partial charge is 0.387 e. The fraction of sp³-hybridized carbons (Fsp3) is 0.667. The van der Waals surface area contributed by atoms with Crippen LogP contribution >= 0.6 is 0 Å². The van der Waals surface area contributed by atoms with Crippen molar-refractivity contribution in [1.29, 1.82) is 0 Å². The van der Waals surface area contributed by atoms with E-state index in [0.29, 0.717) is 30.8 Å². The molecule has 12 nitrogen and oxygen atoms in total. The Labute approximate surface area is 173 Å². The van der Waals surface area contributed by atoms with Crippen molar-refractivity contribution in [3.05, 3.63) is 12.7 Å². The van der Waals surface area contributed by atoms with E-state index in [1.807, 2.05) is 0 Å². The number of carbonyl (C=O) groups excluding carboxylic acids is 1. The molecule has 0 radical (unpaired) electrons. The number of rotatable bonds is 7. The maximum absolute atomic E-state index is 12.1. The lowest BCUT2D eigenvalue weighted by molar-refractivity contribution is -0.125. The molecule has 0 bridgehead atoms. The predicted octanol–water partition coefficient (Wildman–Crippen LogP) is -2.27. The van der Waals surface area contributed by atoms with Gasteiger partial charge in [0.05, 0.1) is 12.2 Å². The van der Waals surface area contributed by atoms with Gasteiger partial charge in [0, 0.05) is 26.2 Å². The zero-order valence-corrected chi connectivity index (χ0v) is 16.6. The van der Waals surface area contributed by atoms with Crippen molar-refractivity contribution in [1.82, 2.24) is 35.5 Å². The number of nitrogens with one attached hydrogen (secondary N) is 3. The fourth-order valence-electron chi connectivity index (χ4n) is 3.92. The van der Waals surface area contributed by atoms with E-state index in [1.54, 1.807) is 4.57 Å². The van der Waals surface area contributed by atoms with E-state index in [0.717, 1.165) is 25.9 Å². The molecule has 1 amide bonds. The number of aliphatic hydroxyl groups excluding tert-OH is 2. The predicted molar refractivity (Wildman–Crippen MR) is 107 cm³/mol. The van der Waals surface area contributed by atoms with Crippen LogP contribution in [0.25, 0.3) is 11.2 Å². The number of hydrogen-bond donors (Lipinski definition) is 6. The van der Waals surface area contributed by atoms with Crippen LogP contribution in [0.15, 0.2) is 12.7 Å². The van der Waals surface area contributed by atoms with Gasteiger partial charge in [0.15, 0.2) is 17.7 Å². The Kier molecular flexibility index (Phi) is 6.39. The van der Waals surface area contributed by atoms with E-state index in [9.17, 15) is 15.0 Å². The van der Waals surface area contributed by atoms with Gasteiger partial charge in [0.1, 0.15) is 30.2 Å². The first-order valence-electron chi connectivity index (χ1n) is 10.2. The van der Waals surface area contributed by atoms with Gasteiger partial charge in [-0.3, -0.25) is 9.36 Å². The minimum Gasteiger partial charge on any atom is -0.387 e. The number of piperidine rings is 1. The molecule has 2 unspecified atom stereocenters. The number of nitrogen functional groups attached to an aromatic ring is 1. The van der Waals surface area contributed by atoms with Crippen molar-refractivity contribution >= 4 is 22.9 Å². The second kappa shape index (κ2) is 9.18. The van der Waals surface area contributed by atoms with Crippen molar-refractivity contribution in [2.24, 2.45) is 5.92 Å². The number of fused-ring (bicyclic) bond motifs is 1. The molecule has 4 heterocycles. The smallest absolute Gasteiger partial charge is 0.224 e. The maximum Gasteiger partial charge on any atom is 0.224 e. The quantitative estimate of drug-likeness (QED) is 0.268. The molecule has 2 aliphatic heterocycles. The average Bonchev–Trinajstić information content (AvgIpc) is 3.31. The van der Waals surface area contributed by atoms with Crippen LogP contribution in [0, 0.1) is 5.92 Å². The highest BCUT2D eigenvalue weighted by atomic mass is 16.6. The second-order valence-corrected chi connectivity index (χ2v) is 7.67. The van der Waals surface area contributed by atoms with Crippen molar-refractivity contribution in [3.8, 4) is 0 Å². The molecule has 4 rings (SSSR count). The summed E-state index contributed by atoms with van der Waals surface area (Å²) in [6, 6.07) is 0. The van der Waals surface area contributed by atoms with E-state index in [2.05, 4.69) is 30.9 Å². The second-order valence-electron chi connectivity index (χ2n) is 7.67. The average molecular weight is 420 g/mol. The summed E-state index contributed by atoms with van der Waals surface area (Å²) in [5.74, 6) is 0.318. The summed E-state index contributed by atoms with van der Waals surface area (Å²) in [6.07, 6.45) is 0.997. The van der Waals surface area contributed by atoms with Gasteiger partial charge in [0.25, 0.3) is 0 Å². The number of imidazole rings is 1. The summed E-state index contributed by atoms with van der Waals surface area (Å²) in [4.78, 5) is 24.3. The van der Waals surface area contributed by atoms with Crippen LogP contribution in [-0.4, -0.2) is 86.7 Å². The van der Waals surface area contributed by atoms with Crippen LogP contribution in [0.2, 0.25) is 0 Å². The van der Waals surface area contributed by atoms with E-state index in [-0.39, 0.29) is 17.6 Å². The van der Waals surface area contributed by atoms with Crippen molar-refractivity contribution in [2.45, 2.75) is 37.4 Å². The first kappa shape index (κ1) is 20.9. The van der Waals surface area contributed by atoms with Crippen LogP contribution in [-0.2, 0) is 9.53 Å². The third-order valence-corrected chi connectivity index (χ3v) is 5.61. The van der Waals surface area contributed by atoms with Crippen LogP contribution in [0.3, 0.4) is 0 Å². The highest BCUT2D eigenvalue weighted by Gasteiger charge is 2.44. The van der Waals surface area contributed by atoms with Gasteiger partial charge < -0.3 is 36.6 Å². The number of amides is 1. The minimum atomic E-state index is -1.15. The maximum atomic E-state index is 12.1. The zero-order chi connectivity index (χ0) is 21.1. The molecule has 0 spiro atoms. The Bertz CT molecular complexity index is 871. The molecule has 0 aromatic carbocycles. The van der Waals surface area contributed by atoms with Crippen LogP contribution in [0.1, 0.15) is 19.1 Å². The first-order chi connectivity index (χ1) is 14.6. The molecule has 2 aromatic rings. The Morgan fingerprint density at radius 3 is 2.97 bits per heavy atom. The van der Waals surface area contributed by atoms with Crippen LogP contribution in [0.4, 0.5) is 5.82 Å². The summed E-state index contributed by atoms with van der Waals surface area (Å²) in [6.45, 7) is 3.01. The number of carbonyl (C=O) groups is 1. The Hall–Kier alpha value is -2.38. The van der Waals surface area contributed by atoms with E-state index in [1.165, 1.54) is 12.7 Å². The molecular weight excluding hydrogens is 392 g/mol. The van der Waals surface area contributed by atoms with Crippen LogP contribution in [0.5, 0.6) is 0 Å². The fourth-order valence-corrected chi connectivity index (χ4v) is 3.92. The Morgan fingerprint density at radius 1 is 1.30 bits per heavy atom. The third kappa shape index (κ3) is 4.23. The van der Waals surface area contributed by atoms with Gasteiger partial charge in [-0.15, -0.1) is 0 Å². The summed E-state index contributed by atoms with van der Waals surface area (Å²) in [5, 5.41) is 30.1. The Morgan fingerprint density at radius 2 is 2.17 bits per heavy atom. The number of nitrogens with two attached hydrogens (primary N) is 1. The normalized spacial score (nSPS) is 29.3. The summed E-state index contributed by atoms with van der Waals surface area (Å²) < 4.78 is 7.41. The number of hydrogen-bond acceptors (Lipinski definition) is 10. The van der Waals surface area contributed by atoms with Gasteiger partial charge in [-0.25, -0.2) is 15.0 Å². The van der Waals surface area contributed by atoms with Crippen molar-refractivity contribution in [2.75, 3.05) is 38.5 Å². The lowest BCUT2D eigenvalue weighted by atomic mass is 9.99. The molecule has 2 saturated heterocycles. The number of aromatic nitrogens is 4. The molecule has 164 valence electrons. The van der Waals surface area contributed by atoms with Gasteiger partial charge in [-0.2, -0.15) is 0 Å². The Balaban J connectivity index is 1.26. The van der Waals surface area contributed by atoms with Gasteiger partial charge in [0.2, 0.25) is 5.91 Å². The van der Waals surface area contributed by atoms with Gasteiger partial charge in [-0.05, 0) is 19.4 Å². The number of nitrogens with zero attached hydrogens (tertiary/aromatic N) is 4. The molecule has 0 saturated carbocycles. The van der Waals surface area contributed by atoms with Crippen molar-refractivity contribution in [3.63, 3.8) is 0 Å². The van der Waals surface area contributed by atoms with Crippen LogP contribution < -0.4 is 21.7 Å². The lowest BCUT2D eigenvalue weighted by Gasteiger charge is -2.22. The van der Waals surface area contributed by atoms with E-state index >= 15 is 0 Å². The van der Waals surface area contributed by atoms with E-state index in [4.69, 9.17) is 10.5 Å². The minimum absolute atomic E-state index is 0.0255. The molecule has 5 atom stereocenters. The monoisotopic (exact) mass is 420 g/mol. The molecule has 2 aliphatic rings. The molecule has 30 heavy (non-hydrogen) atoms. The first-order valence-corrected chi connectivity index (χ1v) is 10.2. The zero-order valence-electron chi connectivity index (χ0n) is 16.6. The topological polar surface area (TPSA) is 172 Å². The highest BCUT2D eigenvalue weighted by molar-refractivity contribution is 5.81. The summed E-state index contributed by atoms with van der Waals surface area (Å²) in [7, 11) is 0. The van der Waals surface area contributed by atoms with Gasteiger partial charge >= 0.3 is 0 Å². The highest BCUT2D eigenvalue weighted by Crippen LogP contribution is 2.31. The number of ether oxygens (including phenoxy) is 1. The standard InChI is InChI=1S/C18H28N8O4/c19-15-12-16(24-8-23-15)26(9-25-12)18-14(28)13(27)11(30-18)7-21-4-5-22-17(29)10-2-1-3-20-6-10/h8-11,13-14,18,20-21,27-28H,1-7H2,(H,22,29)(H2,19,23,24)/t10?,11-,13+,14?,18-/m1/s1. The lowest BCUT2D eigenvalue weighted by Crippen LogP contribution is -2.43. The van der Waals surface area contributed by atoms with Gasteiger partial charge in [-0.1, -0.05) is 0 Å². The molecule has 0 aliphatic carbocycles. The molecule has 7 N–H and O–H groups in total. The molecule has 2 aromatic heterocycles. The number of anilines is 1. The van der Waals surface area contributed by atoms with Crippen molar-refractivity contribution < 1.29 is 19.7 Å². The number of aliphatic hydroxyl groups is 2. The summed E-state index contributed by atoms with van der Waals surface area (Å²) in [5.41, 5.74) is 6.63. The SMILES string of the molecule is Nc1ncnc2c1ncn2[C@@H]1O[C@H](CNCCNC(=O)C2CCCNC2)[C@H](O)C1O.